The van der Waals surface area contributed by atoms with Crippen molar-refractivity contribution in [1.82, 2.24) is 15.3 Å². The summed E-state index contributed by atoms with van der Waals surface area (Å²) in [6.45, 7) is 6.60. The molecule has 0 aliphatic rings. The van der Waals surface area contributed by atoms with Crippen LogP contribution in [0.25, 0.3) is 0 Å². The average Bonchev–Trinajstić information content (AvgIpc) is 2.49. The third-order valence-electron chi connectivity index (χ3n) is 1.70. The van der Waals surface area contributed by atoms with Gasteiger partial charge in [-0.1, -0.05) is 20.8 Å². The van der Waals surface area contributed by atoms with Gasteiger partial charge in [-0.3, -0.25) is 4.79 Å². The minimum atomic E-state index is 0.0350. The topological polar surface area (TPSA) is 57.8 Å². The van der Waals surface area contributed by atoms with Crippen LogP contribution >= 0.6 is 0 Å². The molecule has 0 aliphatic carbocycles. The third kappa shape index (κ3) is 4.07. The van der Waals surface area contributed by atoms with Gasteiger partial charge in [-0.05, 0) is 5.41 Å². The molecule has 0 aromatic carbocycles. The zero-order valence-electron chi connectivity index (χ0n) is 8.92. The van der Waals surface area contributed by atoms with Crippen LogP contribution in [0.3, 0.4) is 0 Å². The van der Waals surface area contributed by atoms with Gasteiger partial charge in [-0.15, -0.1) is 0 Å². The van der Waals surface area contributed by atoms with Gasteiger partial charge in [0.1, 0.15) is 5.82 Å². The van der Waals surface area contributed by atoms with E-state index in [0.29, 0.717) is 13.0 Å². The number of nitrogens with zero attached hydrogens (tertiary/aromatic N) is 1. The van der Waals surface area contributed by atoms with Crippen molar-refractivity contribution in [3.63, 3.8) is 0 Å². The van der Waals surface area contributed by atoms with E-state index in [4.69, 9.17) is 0 Å². The van der Waals surface area contributed by atoms with Crippen LogP contribution in [0.2, 0.25) is 0 Å². The molecule has 1 rings (SSSR count). The van der Waals surface area contributed by atoms with Crippen molar-refractivity contribution < 1.29 is 4.79 Å². The van der Waals surface area contributed by atoms with Gasteiger partial charge >= 0.3 is 0 Å². The molecule has 4 heteroatoms. The van der Waals surface area contributed by atoms with Crippen LogP contribution in [-0.2, 0) is 11.3 Å². The highest BCUT2D eigenvalue weighted by Crippen LogP contribution is 2.17. The minimum Gasteiger partial charge on any atom is -0.349 e. The number of nitrogens with one attached hydrogen (secondary N) is 2. The Morgan fingerprint density at radius 1 is 1.57 bits per heavy atom. The van der Waals surface area contributed by atoms with E-state index in [9.17, 15) is 4.79 Å². The lowest BCUT2D eigenvalue weighted by Gasteiger charge is -2.16. The molecule has 0 bridgehead atoms. The summed E-state index contributed by atoms with van der Waals surface area (Å²) in [6, 6.07) is 0. The highest BCUT2D eigenvalue weighted by molar-refractivity contribution is 5.76. The number of carbonyl (C=O) groups excluding carboxylic acids is 1. The van der Waals surface area contributed by atoms with Crippen molar-refractivity contribution in [2.75, 3.05) is 0 Å². The average molecular weight is 195 g/mol. The lowest BCUT2D eigenvalue weighted by Crippen LogP contribution is -2.27. The fraction of sp³-hybridized carbons (Fsp3) is 0.600. The monoisotopic (exact) mass is 195 g/mol. The van der Waals surface area contributed by atoms with E-state index in [0.717, 1.165) is 5.82 Å². The predicted molar refractivity (Wildman–Crippen MR) is 54.5 cm³/mol. The van der Waals surface area contributed by atoms with Crippen LogP contribution in [0.4, 0.5) is 0 Å². The number of amides is 1. The number of aromatic amines is 1. The predicted octanol–water partition coefficient (Wildman–Crippen LogP) is 1.46. The van der Waals surface area contributed by atoms with E-state index in [2.05, 4.69) is 15.3 Å². The summed E-state index contributed by atoms with van der Waals surface area (Å²) in [7, 11) is 0. The smallest absolute Gasteiger partial charge is 0.220 e. The zero-order valence-corrected chi connectivity index (χ0v) is 8.92. The van der Waals surface area contributed by atoms with Crippen molar-refractivity contribution in [2.45, 2.75) is 33.7 Å². The van der Waals surface area contributed by atoms with Crippen molar-refractivity contribution in [3.8, 4) is 0 Å². The van der Waals surface area contributed by atoms with Crippen molar-refractivity contribution >= 4 is 5.91 Å². The van der Waals surface area contributed by atoms with E-state index >= 15 is 0 Å². The highest BCUT2D eigenvalue weighted by atomic mass is 16.1. The largest absolute Gasteiger partial charge is 0.349 e. The van der Waals surface area contributed by atoms with Crippen LogP contribution in [0.1, 0.15) is 33.0 Å². The molecule has 0 unspecified atom stereocenters. The van der Waals surface area contributed by atoms with Gasteiger partial charge in [0.05, 0.1) is 6.54 Å². The number of imidazole rings is 1. The Hall–Kier alpha value is -1.32. The molecule has 1 aromatic heterocycles. The summed E-state index contributed by atoms with van der Waals surface area (Å²) in [6.07, 6.45) is 3.95. The molecular weight excluding hydrogens is 178 g/mol. The van der Waals surface area contributed by atoms with Gasteiger partial charge in [-0.2, -0.15) is 0 Å². The van der Waals surface area contributed by atoms with Crippen LogP contribution < -0.4 is 5.32 Å². The molecule has 0 fully saturated rings. The Labute approximate surface area is 84.1 Å². The molecule has 1 aromatic rings. The van der Waals surface area contributed by atoms with E-state index in [1.165, 1.54) is 0 Å². The first-order chi connectivity index (χ1) is 6.47. The fourth-order valence-electron chi connectivity index (χ4n) is 1.12. The van der Waals surface area contributed by atoms with Crippen LogP contribution in [0.15, 0.2) is 12.4 Å². The van der Waals surface area contributed by atoms with E-state index in [1.807, 2.05) is 20.8 Å². The van der Waals surface area contributed by atoms with Crippen molar-refractivity contribution in [2.24, 2.45) is 5.41 Å². The second-order valence-electron chi connectivity index (χ2n) is 4.55. The maximum absolute atomic E-state index is 11.4. The molecule has 14 heavy (non-hydrogen) atoms. The summed E-state index contributed by atoms with van der Waals surface area (Å²) in [5.74, 6) is 0.848. The normalized spacial score (nSPS) is 11.4. The molecule has 0 radical (unpaired) electrons. The molecule has 0 saturated carbocycles. The Morgan fingerprint density at radius 3 is 2.79 bits per heavy atom. The van der Waals surface area contributed by atoms with Crippen molar-refractivity contribution in [3.05, 3.63) is 18.2 Å². The number of hydrogen-bond donors (Lipinski definition) is 2. The summed E-state index contributed by atoms with van der Waals surface area (Å²) in [4.78, 5) is 18.3. The molecule has 4 nitrogen and oxygen atoms in total. The van der Waals surface area contributed by atoms with E-state index < -0.39 is 0 Å². The molecule has 2 N–H and O–H groups in total. The molecule has 0 saturated heterocycles. The first-order valence-electron chi connectivity index (χ1n) is 4.72. The summed E-state index contributed by atoms with van der Waals surface area (Å²) in [5.41, 5.74) is 0.0350. The Bertz CT molecular complexity index is 285. The van der Waals surface area contributed by atoms with Crippen LogP contribution in [0.5, 0.6) is 0 Å². The lowest BCUT2D eigenvalue weighted by atomic mass is 9.92. The Balaban J connectivity index is 2.29. The Morgan fingerprint density at radius 2 is 2.29 bits per heavy atom. The molecule has 1 amide bonds. The van der Waals surface area contributed by atoms with Gasteiger partial charge in [0.25, 0.3) is 0 Å². The molecule has 78 valence electrons. The SMILES string of the molecule is CC(C)(C)CC(=O)NCc1ncc[nH]1. The van der Waals surface area contributed by atoms with E-state index in [1.54, 1.807) is 12.4 Å². The molecule has 0 aliphatic heterocycles. The van der Waals surface area contributed by atoms with Gasteiger partial charge in [0.2, 0.25) is 5.91 Å². The number of H-pyrrole nitrogens is 1. The lowest BCUT2D eigenvalue weighted by molar-refractivity contribution is -0.123. The van der Waals surface area contributed by atoms with Gasteiger partial charge in [0, 0.05) is 18.8 Å². The minimum absolute atomic E-state index is 0.0350. The standard InChI is InChI=1S/C10H17N3O/c1-10(2,3)6-9(14)13-7-8-11-4-5-12-8/h4-5H,6-7H2,1-3H3,(H,11,12)(H,13,14). The van der Waals surface area contributed by atoms with E-state index in [-0.39, 0.29) is 11.3 Å². The number of rotatable bonds is 3. The second kappa shape index (κ2) is 4.26. The summed E-state index contributed by atoms with van der Waals surface area (Å²) in [5, 5.41) is 2.81. The first-order valence-corrected chi connectivity index (χ1v) is 4.72. The summed E-state index contributed by atoms with van der Waals surface area (Å²) >= 11 is 0. The Kier molecular flexibility index (Phi) is 3.28. The number of carbonyl (C=O) groups is 1. The van der Waals surface area contributed by atoms with Gasteiger partial charge in [0.15, 0.2) is 0 Å². The first kappa shape index (κ1) is 10.8. The zero-order chi connectivity index (χ0) is 10.6. The quantitative estimate of drug-likeness (QED) is 0.767. The molecular formula is C10H17N3O. The van der Waals surface area contributed by atoms with Gasteiger partial charge < -0.3 is 10.3 Å². The maximum atomic E-state index is 11.4. The summed E-state index contributed by atoms with van der Waals surface area (Å²) < 4.78 is 0. The highest BCUT2D eigenvalue weighted by Gasteiger charge is 2.15. The molecule has 0 spiro atoms. The van der Waals surface area contributed by atoms with Crippen LogP contribution in [-0.4, -0.2) is 15.9 Å². The third-order valence-corrected chi connectivity index (χ3v) is 1.70. The maximum Gasteiger partial charge on any atom is 0.220 e. The number of aromatic nitrogens is 2. The van der Waals surface area contributed by atoms with Crippen LogP contribution in [0, 0.1) is 5.41 Å². The second-order valence-corrected chi connectivity index (χ2v) is 4.55. The molecule has 0 atom stereocenters. The molecule has 1 heterocycles. The van der Waals surface area contributed by atoms with Crippen molar-refractivity contribution in [1.29, 1.82) is 0 Å². The fourth-order valence-corrected chi connectivity index (χ4v) is 1.12. The number of hydrogen-bond acceptors (Lipinski definition) is 2. The van der Waals surface area contributed by atoms with Gasteiger partial charge in [-0.25, -0.2) is 4.98 Å².